The first-order valence-corrected chi connectivity index (χ1v) is 5.97. The maximum Gasteiger partial charge on any atom is 0.125 e. The monoisotopic (exact) mass is 301 g/mol. The molecule has 1 aromatic heterocycles. The molecule has 0 radical (unpaired) electrons. The van der Waals surface area contributed by atoms with E-state index in [1.165, 1.54) is 12.1 Å². The van der Waals surface area contributed by atoms with E-state index in [0.29, 0.717) is 9.50 Å². The summed E-state index contributed by atoms with van der Waals surface area (Å²) in [4.78, 5) is 0. The molecule has 0 atom stereocenters. The fourth-order valence-corrected chi connectivity index (χ4v) is 2.78. The zero-order valence-corrected chi connectivity index (χ0v) is 11.2. The van der Waals surface area contributed by atoms with Crippen LogP contribution < -0.4 is 0 Å². The van der Waals surface area contributed by atoms with Gasteiger partial charge in [0, 0.05) is 15.9 Å². The van der Waals surface area contributed by atoms with Crippen LogP contribution in [0.3, 0.4) is 0 Å². The Kier molecular flexibility index (Phi) is 3.08. The molecule has 1 heterocycles. The third-order valence-electron chi connectivity index (χ3n) is 2.48. The van der Waals surface area contributed by atoms with Crippen LogP contribution in [-0.4, -0.2) is 4.57 Å². The van der Waals surface area contributed by atoms with Gasteiger partial charge in [0.1, 0.15) is 5.82 Å². The molecule has 0 fully saturated rings. The lowest BCUT2D eigenvalue weighted by atomic mass is 10.3. The minimum Gasteiger partial charge on any atom is -0.316 e. The third kappa shape index (κ3) is 1.89. The average molecular weight is 303 g/mol. The van der Waals surface area contributed by atoms with Crippen molar-refractivity contribution in [3.8, 4) is 5.69 Å². The van der Waals surface area contributed by atoms with Crippen LogP contribution in [0.1, 0.15) is 11.4 Å². The van der Waals surface area contributed by atoms with Crippen molar-refractivity contribution in [2.24, 2.45) is 0 Å². The molecule has 4 heteroatoms. The van der Waals surface area contributed by atoms with E-state index in [0.717, 1.165) is 17.1 Å². The molecular weight excluding hydrogens is 292 g/mol. The van der Waals surface area contributed by atoms with E-state index in [1.54, 1.807) is 0 Å². The van der Waals surface area contributed by atoms with Crippen LogP contribution in [0.4, 0.5) is 4.39 Å². The molecule has 2 aromatic rings. The van der Waals surface area contributed by atoms with Gasteiger partial charge in [-0.3, -0.25) is 0 Å². The molecule has 0 saturated heterocycles. The van der Waals surface area contributed by atoms with Crippen molar-refractivity contribution in [1.82, 2.24) is 4.57 Å². The Hall–Kier alpha value is -0.800. The third-order valence-corrected chi connectivity index (χ3v) is 3.37. The highest BCUT2D eigenvalue weighted by Gasteiger charge is 2.13. The normalized spacial score (nSPS) is 10.8. The molecule has 0 amide bonds. The Morgan fingerprint density at radius 2 is 1.75 bits per heavy atom. The number of halogens is 3. The molecule has 0 aliphatic heterocycles. The van der Waals surface area contributed by atoms with Crippen molar-refractivity contribution in [3.05, 3.63) is 51.0 Å². The van der Waals surface area contributed by atoms with Crippen LogP contribution in [0.15, 0.2) is 28.7 Å². The summed E-state index contributed by atoms with van der Waals surface area (Å²) in [5, 5.41) is 0.397. The summed E-state index contributed by atoms with van der Waals surface area (Å²) in [5.41, 5.74) is 2.90. The molecule has 0 aliphatic carbocycles. The van der Waals surface area contributed by atoms with Gasteiger partial charge in [-0.05, 0) is 54.0 Å². The largest absolute Gasteiger partial charge is 0.316 e. The molecule has 0 spiro atoms. The molecule has 2 rings (SSSR count). The number of hydrogen-bond donors (Lipinski definition) is 0. The van der Waals surface area contributed by atoms with E-state index < -0.39 is 0 Å². The SMILES string of the molecule is Cc1ccc(C)n1-c1c(Cl)cc(F)cc1Br. The highest BCUT2D eigenvalue weighted by atomic mass is 79.9. The Bertz CT molecular complexity index is 505. The van der Waals surface area contributed by atoms with Gasteiger partial charge in [0.2, 0.25) is 0 Å². The second-order valence-electron chi connectivity index (χ2n) is 3.67. The maximum absolute atomic E-state index is 13.1. The summed E-state index contributed by atoms with van der Waals surface area (Å²) in [5.74, 6) is -0.344. The molecule has 1 aromatic carbocycles. The minimum absolute atomic E-state index is 0.344. The van der Waals surface area contributed by atoms with Crippen LogP contribution in [0.2, 0.25) is 5.02 Å². The summed E-state index contributed by atoms with van der Waals surface area (Å²) in [6, 6.07) is 6.74. The quantitative estimate of drug-likeness (QED) is 0.722. The first-order chi connectivity index (χ1) is 7.50. The lowest BCUT2D eigenvalue weighted by Gasteiger charge is -2.13. The number of hydrogen-bond acceptors (Lipinski definition) is 0. The van der Waals surface area contributed by atoms with Gasteiger partial charge < -0.3 is 4.57 Å². The van der Waals surface area contributed by atoms with Crippen LogP contribution >= 0.6 is 27.5 Å². The van der Waals surface area contributed by atoms with Gasteiger partial charge in [0.25, 0.3) is 0 Å². The first kappa shape index (κ1) is 11.7. The Morgan fingerprint density at radius 3 is 2.25 bits per heavy atom. The standard InChI is InChI=1S/C12H10BrClFN/c1-7-3-4-8(2)16(7)12-10(13)5-9(15)6-11(12)14/h3-6H,1-2H3. The van der Waals surface area contributed by atoms with E-state index in [2.05, 4.69) is 15.9 Å². The van der Waals surface area contributed by atoms with Gasteiger partial charge >= 0.3 is 0 Å². The summed E-state index contributed by atoms with van der Waals surface area (Å²) >= 11 is 9.42. The van der Waals surface area contributed by atoms with Gasteiger partial charge in [-0.2, -0.15) is 0 Å². The fourth-order valence-electron chi connectivity index (χ4n) is 1.77. The van der Waals surface area contributed by atoms with Gasteiger partial charge in [-0.1, -0.05) is 11.6 Å². The van der Waals surface area contributed by atoms with Crippen molar-refractivity contribution in [3.63, 3.8) is 0 Å². The molecule has 0 saturated carbocycles. The van der Waals surface area contributed by atoms with Crippen LogP contribution in [0.25, 0.3) is 5.69 Å². The summed E-state index contributed by atoms with van der Waals surface area (Å²) in [6.45, 7) is 3.97. The summed E-state index contributed by atoms with van der Waals surface area (Å²) in [7, 11) is 0. The predicted molar refractivity (Wildman–Crippen MR) is 67.9 cm³/mol. The first-order valence-electron chi connectivity index (χ1n) is 4.80. The minimum atomic E-state index is -0.344. The van der Waals surface area contributed by atoms with E-state index >= 15 is 0 Å². The molecule has 16 heavy (non-hydrogen) atoms. The number of aryl methyl sites for hydroxylation is 2. The number of rotatable bonds is 1. The average Bonchev–Trinajstić information content (AvgIpc) is 2.47. The Morgan fingerprint density at radius 1 is 1.19 bits per heavy atom. The van der Waals surface area contributed by atoms with Gasteiger partial charge in [-0.15, -0.1) is 0 Å². The topological polar surface area (TPSA) is 4.93 Å². The van der Waals surface area contributed by atoms with Crippen molar-refractivity contribution in [2.45, 2.75) is 13.8 Å². The Labute approximate surface area is 107 Å². The number of aromatic nitrogens is 1. The van der Waals surface area contributed by atoms with E-state index in [-0.39, 0.29) is 5.82 Å². The lowest BCUT2D eigenvalue weighted by Crippen LogP contribution is -2.01. The van der Waals surface area contributed by atoms with Crippen molar-refractivity contribution in [2.75, 3.05) is 0 Å². The van der Waals surface area contributed by atoms with Gasteiger partial charge in [-0.25, -0.2) is 4.39 Å². The number of benzene rings is 1. The summed E-state index contributed by atoms with van der Waals surface area (Å²) in [6.07, 6.45) is 0. The zero-order chi connectivity index (χ0) is 11.9. The highest BCUT2D eigenvalue weighted by molar-refractivity contribution is 9.10. The molecule has 0 bridgehead atoms. The second kappa shape index (κ2) is 4.22. The number of nitrogens with zero attached hydrogens (tertiary/aromatic N) is 1. The smallest absolute Gasteiger partial charge is 0.125 e. The molecular formula is C12H10BrClFN. The Balaban J connectivity index is 2.74. The van der Waals surface area contributed by atoms with E-state index in [1.807, 2.05) is 30.5 Å². The van der Waals surface area contributed by atoms with Crippen molar-refractivity contribution in [1.29, 1.82) is 0 Å². The second-order valence-corrected chi connectivity index (χ2v) is 4.93. The van der Waals surface area contributed by atoms with Gasteiger partial charge in [0.15, 0.2) is 0 Å². The van der Waals surface area contributed by atoms with Gasteiger partial charge in [0.05, 0.1) is 10.7 Å². The van der Waals surface area contributed by atoms with Crippen LogP contribution in [0.5, 0.6) is 0 Å². The zero-order valence-electron chi connectivity index (χ0n) is 8.89. The molecule has 0 unspecified atom stereocenters. The predicted octanol–water partition coefficient (Wildman–Crippen LogP) is 4.65. The molecule has 1 nitrogen and oxygen atoms in total. The maximum atomic E-state index is 13.1. The molecule has 84 valence electrons. The van der Waals surface area contributed by atoms with Crippen molar-refractivity contribution >= 4 is 27.5 Å². The lowest BCUT2D eigenvalue weighted by molar-refractivity contribution is 0.626. The highest BCUT2D eigenvalue weighted by Crippen LogP contribution is 2.32. The fraction of sp³-hybridized carbons (Fsp3) is 0.167. The van der Waals surface area contributed by atoms with Crippen molar-refractivity contribution < 1.29 is 4.39 Å². The molecule has 0 aliphatic rings. The van der Waals surface area contributed by atoms with Crippen LogP contribution in [-0.2, 0) is 0 Å². The summed E-state index contributed by atoms with van der Waals surface area (Å²) < 4.78 is 15.8. The molecule has 0 N–H and O–H groups in total. The van der Waals surface area contributed by atoms with Crippen LogP contribution in [0, 0.1) is 19.7 Å². The van der Waals surface area contributed by atoms with E-state index in [4.69, 9.17) is 11.6 Å². The van der Waals surface area contributed by atoms with E-state index in [9.17, 15) is 4.39 Å².